The zero-order chi connectivity index (χ0) is 14.0. The van der Waals surface area contributed by atoms with Crippen molar-refractivity contribution in [3.8, 4) is 5.75 Å². The molecule has 0 radical (unpaired) electrons. The van der Waals surface area contributed by atoms with Crippen LogP contribution in [0.2, 0.25) is 0 Å². The number of aromatic hydroxyl groups is 1. The van der Waals surface area contributed by atoms with Gasteiger partial charge in [0.1, 0.15) is 11.6 Å². The van der Waals surface area contributed by atoms with Gasteiger partial charge >= 0.3 is 0 Å². The Hall–Kier alpha value is -1.62. The monoisotopic (exact) mass is 266 g/mol. The van der Waals surface area contributed by atoms with Gasteiger partial charge in [-0.1, -0.05) is 0 Å². The number of likely N-dealkylation sites (N-methyl/N-ethyl adjacent to an activating group) is 1. The fourth-order valence-corrected chi connectivity index (χ4v) is 2.51. The van der Waals surface area contributed by atoms with Crippen molar-refractivity contribution in [2.24, 2.45) is 0 Å². The first-order valence-corrected chi connectivity index (χ1v) is 6.47. The average molecular weight is 266 g/mol. The Kier molecular flexibility index (Phi) is 4.04. The maximum absolute atomic E-state index is 13.0. The highest BCUT2D eigenvalue weighted by atomic mass is 19.1. The van der Waals surface area contributed by atoms with Gasteiger partial charge in [-0.15, -0.1) is 0 Å². The first kappa shape index (κ1) is 13.8. The highest BCUT2D eigenvalue weighted by Crippen LogP contribution is 2.22. The van der Waals surface area contributed by atoms with Crippen LogP contribution in [0.25, 0.3) is 0 Å². The summed E-state index contributed by atoms with van der Waals surface area (Å²) in [6.07, 6.45) is 0.897. The third kappa shape index (κ3) is 3.04. The van der Waals surface area contributed by atoms with Crippen LogP contribution in [-0.4, -0.2) is 53.5 Å². The third-order valence-electron chi connectivity index (χ3n) is 3.50. The van der Waals surface area contributed by atoms with E-state index in [9.17, 15) is 14.3 Å². The van der Waals surface area contributed by atoms with Gasteiger partial charge in [0, 0.05) is 25.2 Å². The summed E-state index contributed by atoms with van der Waals surface area (Å²) in [5.41, 5.74) is 0.165. The number of hydrogen-bond acceptors (Lipinski definition) is 3. The molecule has 0 bridgehead atoms. The second-order valence-corrected chi connectivity index (χ2v) is 5.12. The Morgan fingerprint density at radius 2 is 2.16 bits per heavy atom. The van der Waals surface area contributed by atoms with Crippen molar-refractivity contribution in [3.05, 3.63) is 29.6 Å². The Bertz CT molecular complexity index is 479. The van der Waals surface area contributed by atoms with Crippen LogP contribution in [-0.2, 0) is 0 Å². The lowest BCUT2D eigenvalue weighted by molar-refractivity contribution is 0.0693. The molecular weight excluding hydrogens is 247 g/mol. The van der Waals surface area contributed by atoms with Crippen molar-refractivity contribution >= 4 is 5.91 Å². The molecule has 5 heteroatoms. The molecule has 1 aromatic carbocycles. The molecule has 104 valence electrons. The number of amides is 1. The van der Waals surface area contributed by atoms with E-state index in [2.05, 4.69) is 4.90 Å². The van der Waals surface area contributed by atoms with E-state index in [0.29, 0.717) is 6.54 Å². The lowest BCUT2D eigenvalue weighted by Gasteiger charge is -2.28. The van der Waals surface area contributed by atoms with Crippen LogP contribution in [0.3, 0.4) is 0 Å². The zero-order valence-electron chi connectivity index (χ0n) is 11.3. The first-order valence-electron chi connectivity index (χ1n) is 6.47. The first-order chi connectivity index (χ1) is 8.99. The lowest BCUT2D eigenvalue weighted by Crippen LogP contribution is -2.42. The molecule has 2 rings (SSSR count). The molecule has 0 aromatic heterocycles. The van der Waals surface area contributed by atoms with Crippen LogP contribution in [0.5, 0.6) is 5.75 Å². The number of benzene rings is 1. The number of phenols is 1. The topological polar surface area (TPSA) is 43.8 Å². The van der Waals surface area contributed by atoms with Gasteiger partial charge in [0.05, 0.1) is 5.56 Å². The standard InChI is InChI=1S/C14H19FN2O2/c1-10-9-16(2)6-3-7-17(10)14(19)12-5-4-11(15)8-13(12)18/h4-5,8,10,18H,3,6-7,9H2,1-2H3. The molecule has 1 fully saturated rings. The van der Waals surface area contributed by atoms with Crippen LogP contribution in [0.1, 0.15) is 23.7 Å². The molecule has 1 aliphatic rings. The molecule has 1 N–H and O–H groups in total. The Balaban J connectivity index is 2.22. The van der Waals surface area contributed by atoms with Gasteiger partial charge < -0.3 is 14.9 Å². The minimum Gasteiger partial charge on any atom is -0.507 e. The fraction of sp³-hybridized carbons (Fsp3) is 0.500. The summed E-state index contributed by atoms with van der Waals surface area (Å²) >= 11 is 0. The maximum atomic E-state index is 13.0. The molecule has 0 saturated carbocycles. The molecule has 1 unspecified atom stereocenters. The molecule has 1 heterocycles. The third-order valence-corrected chi connectivity index (χ3v) is 3.50. The van der Waals surface area contributed by atoms with Gasteiger partial charge in [-0.3, -0.25) is 4.79 Å². The maximum Gasteiger partial charge on any atom is 0.257 e. The summed E-state index contributed by atoms with van der Waals surface area (Å²) in [6.45, 7) is 4.39. The molecule has 4 nitrogen and oxygen atoms in total. The SMILES string of the molecule is CC1CN(C)CCCN1C(=O)c1ccc(F)cc1O. The van der Waals surface area contributed by atoms with Gasteiger partial charge in [0.2, 0.25) is 0 Å². The van der Waals surface area contributed by atoms with Crippen molar-refractivity contribution in [2.75, 3.05) is 26.7 Å². The number of carbonyl (C=O) groups excluding carboxylic acids is 1. The van der Waals surface area contributed by atoms with Gasteiger partial charge in [-0.25, -0.2) is 4.39 Å². The Morgan fingerprint density at radius 3 is 2.84 bits per heavy atom. The van der Waals surface area contributed by atoms with Crippen LogP contribution >= 0.6 is 0 Å². The highest BCUT2D eigenvalue weighted by Gasteiger charge is 2.26. The zero-order valence-corrected chi connectivity index (χ0v) is 11.3. The molecule has 19 heavy (non-hydrogen) atoms. The second kappa shape index (κ2) is 5.57. The summed E-state index contributed by atoms with van der Waals surface area (Å²) in [7, 11) is 2.03. The van der Waals surface area contributed by atoms with Crippen molar-refractivity contribution in [2.45, 2.75) is 19.4 Å². The normalized spacial score (nSPS) is 21.2. The van der Waals surface area contributed by atoms with Crippen molar-refractivity contribution in [1.29, 1.82) is 0 Å². The smallest absolute Gasteiger partial charge is 0.257 e. The number of carbonyl (C=O) groups is 1. The Morgan fingerprint density at radius 1 is 1.42 bits per heavy atom. The highest BCUT2D eigenvalue weighted by molar-refractivity contribution is 5.97. The van der Waals surface area contributed by atoms with Gasteiger partial charge in [-0.2, -0.15) is 0 Å². The molecular formula is C14H19FN2O2. The van der Waals surface area contributed by atoms with Crippen molar-refractivity contribution in [3.63, 3.8) is 0 Å². The van der Waals surface area contributed by atoms with Gasteiger partial charge in [-0.05, 0) is 39.1 Å². The van der Waals surface area contributed by atoms with E-state index < -0.39 is 5.82 Å². The average Bonchev–Trinajstić information content (AvgIpc) is 2.49. The van der Waals surface area contributed by atoms with E-state index in [1.165, 1.54) is 12.1 Å². The predicted octanol–water partition coefficient (Wildman–Crippen LogP) is 1.70. The molecule has 0 spiro atoms. The van der Waals surface area contributed by atoms with E-state index in [4.69, 9.17) is 0 Å². The van der Waals surface area contributed by atoms with Crippen LogP contribution < -0.4 is 0 Å². The molecule has 1 atom stereocenters. The largest absolute Gasteiger partial charge is 0.507 e. The molecule has 1 amide bonds. The van der Waals surface area contributed by atoms with Crippen LogP contribution in [0, 0.1) is 5.82 Å². The Labute approximate surface area is 112 Å². The van der Waals surface area contributed by atoms with Crippen LogP contribution in [0.15, 0.2) is 18.2 Å². The molecule has 0 aliphatic carbocycles. The number of rotatable bonds is 1. The van der Waals surface area contributed by atoms with Gasteiger partial charge in [0.25, 0.3) is 5.91 Å². The fourth-order valence-electron chi connectivity index (χ4n) is 2.51. The second-order valence-electron chi connectivity index (χ2n) is 5.12. The summed E-state index contributed by atoms with van der Waals surface area (Å²) in [5.74, 6) is -1.08. The number of phenolic OH excluding ortho intramolecular Hbond substituents is 1. The minimum absolute atomic E-state index is 0.0736. The number of halogens is 1. The summed E-state index contributed by atoms with van der Waals surface area (Å²) in [5, 5.41) is 9.70. The van der Waals surface area contributed by atoms with Crippen molar-refractivity contribution in [1.82, 2.24) is 9.80 Å². The van der Waals surface area contributed by atoms with E-state index in [0.717, 1.165) is 25.6 Å². The molecule has 1 aliphatic heterocycles. The van der Waals surface area contributed by atoms with E-state index >= 15 is 0 Å². The van der Waals surface area contributed by atoms with Crippen molar-refractivity contribution < 1.29 is 14.3 Å². The van der Waals surface area contributed by atoms with E-state index in [1.807, 2.05) is 14.0 Å². The predicted molar refractivity (Wildman–Crippen MR) is 70.7 cm³/mol. The molecule has 1 saturated heterocycles. The van der Waals surface area contributed by atoms with E-state index in [1.54, 1.807) is 4.90 Å². The summed E-state index contributed by atoms with van der Waals surface area (Å²) in [4.78, 5) is 16.4. The summed E-state index contributed by atoms with van der Waals surface area (Å²) in [6, 6.07) is 3.59. The number of nitrogens with zero attached hydrogens (tertiary/aromatic N) is 2. The number of hydrogen-bond donors (Lipinski definition) is 1. The lowest BCUT2D eigenvalue weighted by atomic mass is 10.1. The molecule has 1 aromatic rings. The van der Waals surface area contributed by atoms with E-state index in [-0.39, 0.29) is 23.3 Å². The summed E-state index contributed by atoms with van der Waals surface area (Å²) < 4.78 is 13.0. The van der Waals surface area contributed by atoms with Gasteiger partial charge in [0.15, 0.2) is 0 Å². The quantitative estimate of drug-likeness (QED) is 0.841. The van der Waals surface area contributed by atoms with Crippen LogP contribution in [0.4, 0.5) is 4.39 Å². The minimum atomic E-state index is -0.544.